The molecule has 0 spiro atoms. The van der Waals surface area contributed by atoms with Crippen LogP contribution in [0.2, 0.25) is 0 Å². The zero-order chi connectivity index (χ0) is 20.4. The molecule has 3 aromatic rings. The van der Waals surface area contributed by atoms with Gasteiger partial charge in [0, 0.05) is 19.1 Å². The summed E-state index contributed by atoms with van der Waals surface area (Å²) < 4.78 is 1.73. The maximum Gasteiger partial charge on any atom is 0.276 e. The predicted molar refractivity (Wildman–Crippen MR) is 114 cm³/mol. The van der Waals surface area contributed by atoms with E-state index in [0.717, 1.165) is 36.3 Å². The topological polar surface area (TPSA) is 77.0 Å². The molecule has 1 aliphatic rings. The van der Waals surface area contributed by atoms with Gasteiger partial charge in [0.2, 0.25) is 0 Å². The number of hydrogen-bond acceptors (Lipinski definition) is 4. The molecule has 0 radical (unpaired) electrons. The number of rotatable bonds is 4. The number of aromatic nitrogens is 3. The third-order valence-corrected chi connectivity index (χ3v) is 5.80. The molecule has 1 fully saturated rings. The van der Waals surface area contributed by atoms with Gasteiger partial charge in [0.05, 0.1) is 11.4 Å². The van der Waals surface area contributed by atoms with Crippen LogP contribution in [0.25, 0.3) is 16.8 Å². The van der Waals surface area contributed by atoms with Crippen LogP contribution >= 0.6 is 0 Å². The van der Waals surface area contributed by atoms with Gasteiger partial charge in [0.25, 0.3) is 5.91 Å². The zero-order valence-corrected chi connectivity index (χ0v) is 17.0. The minimum Gasteiger partial charge on any atom is -0.337 e. The Morgan fingerprint density at radius 1 is 1.10 bits per heavy atom. The van der Waals surface area contributed by atoms with Gasteiger partial charge in [0.15, 0.2) is 5.69 Å². The summed E-state index contributed by atoms with van der Waals surface area (Å²) in [5, 5.41) is 8.46. The van der Waals surface area contributed by atoms with E-state index < -0.39 is 0 Å². The summed E-state index contributed by atoms with van der Waals surface area (Å²) in [7, 11) is 0. The van der Waals surface area contributed by atoms with Crippen LogP contribution in [-0.4, -0.2) is 44.9 Å². The Hall–Kier alpha value is -2.99. The second-order valence-corrected chi connectivity index (χ2v) is 7.86. The van der Waals surface area contributed by atoms with Gasteiger partial charge in [-0.1, -0.05) is 47.7 Å². The van der Waals surface area contributed by atoms with Gasteiger partial charge >= 0.3 is 0 Å². The molecule has 6 heteroatoms. The van der Waals surface area contributed by atoms with E-state index in [0.29, 0.717) is 18.2 Å². The molecule has 6 nitrogen and oxygen atoms in total. The van der Waals surface area contributed by atoms with Crippen molar-refractivity contribution < 1.29 is 4.79 Å². The van der Waals surface area contributed by atoms with Crippen molar-refractivity contribution in [2.45, 2.75) is 32.7 Å². The Morgan fingerprint density at radius 2 is 1.79 bits per heavy atom. The number of piperidine rings is 1. The smallest absolute Gasteiger partial charge is 0.276 e. The van der Waals surface area contributed by atoms with E-state index in [1.165, 1.54) is 5.56 Å². The quantitative estimate of drug-likeness (QED) is 0.741. The summed E-state index contributed by atoms with van der Waals surface area (Å²) >= 11 is 0. The average Bonchev–Trinajstić information content (AvgIpc) is 3.15. The number of nitrogens with two attached hydrogens (primary N) is 1. The molecule has 1 saturated heterocycles. The van der Waals surface area contributed by atoms with Crippen molar-refractivity contribution in [3.05, 3.63) is 66.0 Å². The Kier molecular flexibility index (Phi) is 5.45. The molecule has 2 atom stereocenters. The minimum absolute atomic E-state index is 0.0556. The normalized spacial score (nSPS) is 17.9. The van der Waals surface area contributed by atoms with E-state index in [-0.39, 0.29) is 11.9 Å². The monoisotopic (exact) mass is 389 g/mol. The molecule has 29 heavy (non-hydrogen) atoms. The second kappa shape index (κ2) is 8.17. The highest BCUT2D eigenvalue weighted by Crippen LogP contribution is 2.23. The Balaban J connectivity index is 1.55. The van der Waals surface area contributed by atoms with Gasteiger partial charge in [-0.25, -0.2) is 4.68 Å². The molecular formula is C23H27N5O. The van der Waals surface area contributed by atoms with Crippen LogP contribution in [0.1, 0.15) is 35.9 Å². The maximum absolute atomic E-state index is 13.0. The lowest BCUT2D eigenvalue weighted by Gasteiger charge is -2.34. The van der Waals surface area contributed by atoms with Crippen LogP contribution < -0.4 is 5.73 Å². The summed E-state index contributed by atoms with van der Waals surface area (Å²) in [5.41, 5.74) is 10.4. The minimum atomic E-state index is -0.0556. The fraction of sp³-hybridized carbons (Fsp3) is 0.348. The van der Waals surface area contributed by atoms with Gasteiger partial charge in [-0.3, -0.25) is 4.79 Å². The molecule has 1 aliphatic heterocycles. The maximum atomic E-state index is 13.0. The number of likely N-dealkylation sites (tertiary alicyclic amines) is 1. The molecule has 0 bridgehead atoms. The largest absolute Gasteiger partial charge is 0.337 e. The van der Waals surface area contributed by atoms with Crippen molar-refractivity contribution in [2.75, 3.05) is 13.1 Å². The van der Waals surface area contributed by atoms with Crippen molar-refractivity contribution in [2.24, 2.45) is 11.7 Å². The van der Waals surface area contributed by atoms with Crippen LogP contribution in [-0.2, 0) is 0 Å². The molecule has 1 amide bonds. The van der Waals surface area contributed by atoms with E-state index in [1.54, 1.807) is 4.68 Å². The standard InChI is InChI=1S/C23H27N5O/c1-16(24)20-9-6-14-27(15-20)23(29)22-17(2)28(26-25-22)21-12-10-19(11-13-21)18-7-4-3-5-8-18/h3-5,7-8,10-13,16,20H,6,9,14-15,24H2,1-2H3. The van der Waals surface area contributed by atoms with Gasteiger partial charge in [-0.05, 0) is 55.9 Å². The Labute approximate surface area is 171 Å². The van der Waals surface area contributed by atoms with E-state index in [9.17, 15) is 4.79 Å². The third-order valence-electron chi connectivity index (χ3n) is 5.80. The first kappa shape index (κ1) is 19.3. The van der Waals surface area contributed by atoms with E-state index in [4.69, 9.17) is 5.73 Å². The third kappa shape index (κ3) is 3.93. The Morgan fingerprint density at radius 3 is 2.48 bits per heavy atom. The molecule has 2 unspecified atom stereocenters. The Bertz CT molecular complexity index is 978. The molecule has 2 N–H and O–H groups in total. The molecule has 4 rings (SSSR count). The molecule has 2 heterocycles. The lowest BCUT2D eigenvalue weighted by molar-refractivity contribution is 0.0654. The van der Waals surface area contributed by atoms with E-state index in [1.807, 2.05) is 49.1 Å². The fourth-order valence-corrected chi connectivity index (χ4v) is 3.97. The summed E-state index contributed by atoms with van der Waals surface area (Å²) in [6.45, 7) is 5.35. The van der Waals surface area contributed by atoms with Crippen LogP contribution in [0.4, 0.5) is 0 Å². The first-order valence-electron chi connectivity index (χ1n) is 10.2. The highest BCUT2D eigenvalue weighted by molar-refractivity contribution is 5.93. The average molecular weight is 390 g/mol. The molecule has 2 aromatic carbocycles. The molecule has 0 saturated carbocycles. The number of nitrogens with zero attached hydrogens (tertiary/aromatic N) is 4. The summed E-state index contributed by atoms with van der Waals surface area (Å²) in [5.74, 6) is 0.286. The van der Waals surface area contributed by atoms with E-state index in [2.05, 4.69) is 34.6 Å². The van der Waals surface area contributed by atoms with Crippen molar-refractivity contribution in [1.82, 2.24) is 19.9 Å². The fourth-order valence-electron chi connectivity index (χ4n) is 3.97. The van der Waals surface area contributed by atoms with Gasteiger partial charge < -0.3 is 10.6 Å². The highest BCUT2D eigenvalue weighted by atomic mass is 16.2. The highest BCUT2D eigenvalue weighted by Gasteiger charge is 2.29. The lowest BCUT2D eigenvalue weighted by atomic mass is 9.92. The van der Waals surface area contributed by atoms with E-state index >= 15 is 0 Å². The summed E-state index contributed by atoms with van der Waals surface area (Å²) in [6, 6.07) is 18.5. The molecule has 150 valence electrons. The first-order valence-corrected chi connectivity index (χ1v) is 10.2. The van der Waals surface area contributed by atoms with Crippen molar-refractivity contribution in [3.63, 3.8) is 0 Å². The predicted octanol–water partition coefficient (Wildman–Crippen LogP) is 3.44. The number of amides is 1. The summed E-state index contributed by atoms with van der Waals surface area (Å²) in [4.78, 5) is 14.9. The van der Waals surface area contributed by atoms with Crippen LogP contribution in [0.5, 0.6) is 0 Å². The number of benzene rings is 2. The zero-order valence-electron chi connectivity index (χ0n) is 17.0. The van der Waals surface area contributed by atoms with Gasteiger partial charge in [0.1, 0.15) is 0 Å². The first-order chi connectivity index (χ1) is 14.0. The SMILES string of the molecule is Cc1c(C(=O)N2CCCC(C(C)N)C2)nnn1-c1ccc(-c2ccccc2)cc1. The second-order valence-electron chi connectivity index (χ2n) is 7.86. The van der Waals surface area contributed by atoms with Crippen LogP contribution in [0.15, 0.2) is 54.6 Å². The van der Waals surface area contributed by atoms with Gasteiger partial charge in [-0.2, -0.15) is 0 Å². The molecule has 1 aromatic heterocycles. The van der Waals surface area contributed by atoms with Crippen LogP contribution in [0.3, 0.4) is 0 Å². The van der Waals surface area contributed by atoms with Crippen LogP contribution in [0, 0.1) is 12.8 Å². The number of hydrogen-bond donors (Lipinski definition) is 1. The summed E-state index contributed by atoms with van der Waals surface area (Å²) in [6.07, 6.45) is 2.05. The molecular weight excluding hydrogens is 362 g/mol. The van der Waals surface area contributed by atoms with Crippen molar-refractivity contribution >= 4 is 5.91 Å². The van der Waals surface area contributed by atoms with Crippen molar-refractivity contribution in [3.8, 4) is 16.8 Å². The number of carbonyl (C=O) groups excluding carboxylic acids is 1. The van der Waals surface area contributed by atoms with Gasteiger partial charge in [-0.15, -0.1) is 5.10 Å². The number of carbonyl (C=O) groups is 1. The molecule has 0 aliphatic carbocycles. The lowest BCUT2D eigenvalue weighted by Crippen LogP contribution is -2.45. The van der Waals surface area contributed by atoms with Crippen molar-refractivity contribution in [1.29, 1.82) is 0 Å².